The predicted octanol–water partition coefficient (Wildman–Crippen LogP) is 6.43. The van der Waals surface area contributed by atoms with E-state index in [2.05, 4.69) is 15.9 Å². The van der Waals surface area contributed by atoms with Crippen LogP contribution in [0.5, 0.6) is 0 Å². The minimum atomic E-state index is -0.197. The summed E-state index contributed by atoms with van der Waals surface area (Å²) in [6.07, 6.45) is 0. The van der Waals surface area contributed by atoms with Gasteiger partial charge in [0.05, 0.1) is 4.83 Å². The Morgan fingerprint density at radius 1 is 0.952 bits per heavy atom. The maximum atomic E-state index is 13.9. The average Bonchev–Trinajstić information content (AvgIpc) is 2.50. The highest BCUT2D eigenvalue weighted by molar-refractivity contribution is 9.09. The summed E-state index contributed by atoms with van der Waals surface area (Å²) in [5, 5.41) is 2.25. The Hall–Kier alpha value is -1.38. The monoisotopic (exact) mass is 362 g/mol. The second-order valence-electron chi connectivity index (χ2n) is 5.05. The van der Waals surface area contributed by atoms with Crippen LogP contribution in [0.3, 0.4) is 0 Å². The molecule has 0 aliphatic rings. The summed E-state index contributed by atoms with van der Waals surface area (Å²) in [5.74, 6) is -0.197. The van der Waals surface area contributed by atoms with Gasteiger partial charge in [-0.15, -0.1) is 0 Å². The van der Waals surface area contributed by atoms with E-state index in [1.807, 2.05) is 49.4 Å². The third-order valence-electron chi connectivity index (χ3n) is 3.69. The highest BCUT2D eigenvalue weighted by Crippen LogP contribution is 2.38. The minimum absolute atomic E-state index is 0.0262. The molecule has 0 fully saturated rings. The van der Waals surface area contributed by atoms with Gasteiger partial charge in [0.15, 0.2) is 0 Å². The third-order valence-corrected chi connectivity index (χ3v) is 4.91. The lowest BCUT2D eigenvalue weighted by molar-refractivity contribution is 0.639. The summed E-state index contributed by atoms with van der Waals surface area (Å²) in [6.45, 7) is 2.05. The van der Waals surface area contributed by atoms with Crippen molar-refractivity contribution in [3.63, 3.8) is 0 Å². The molecule has 0 saturated carbocycles. The zero-order valence-electron chi connectivity index (χ0n) is 11.4. The van der Waals surface area contributed by atoms with Crippen molar-refractivity contribution in [2.45, 2.75) is 11.8 Å². The molecule has 0 aliphatic heterocycles. The molecule has 0 radical (unpaired) electrons. The first-order chi connectivity index (χ1) is 10.1. The van der Waals surface area contributed by atoms with Crippen molar-refractivity contribution in [3.05, 3.63) is 82.1 Å². The lowest BCUT2D eigenvalue weighted by atomic mass is 9.96. The molecule has 0 aliphatic carbocycles. The second-order valence-corrected chi connectivity index (χ2v) is 6.40. The van der Waals surface area contributed by atoms with Crippen LogP contribution in [0.4, 0.5) is 4.39 Å². The van der Waals surface area contributed by atoms with Crippen molar-refractivity contribution in [2.24, 2.45) is 0 Å². The first-order valence-corrected chi connectivity index (χ1v) is 7.94. The Kier molecular flexibility index (Phi) is 4.01. The third kappa shape index (κ3) is 2.70. The van der Waals surface area contributed by atoms with Crippen molar-refractivity contribution >= 4 is 38.3 Å². The Morgan fingerprint density at radius 3 is 2.43 bits per heavy atom. The van der Waals surface area contributed by atoms with E-state index in [9.17, 15) is 4.39 Å². The summed E-state index contributed by atoms with van der Waals surface area (Å²) in [7, 11) is 0. The summed E-state index contributed by atoms with van der Waals surface area (Å²) in [4.78, 5) is -0.0262. The van der Waals surface area contributed by atoms with E-state index in [4.69, 9.17) is 11.6 Å². The number of alkyl halides is 1. The van der Waals surface area contributed by atoms with Gasteiger partial charge in [-0.25, -0.2) is 4.39 Å². The highest BCUT2D eigenvalue weighted by atomic mass is 79.9. The van der Waals surface area contributed by atoms with Crippen LogP contribution in [0.1, 0.15) is 21.5 Å². The van der Waals surface area contributed by atoms with Gasteiger partial charge in [0.25, 0.3) is 0 Å². The van der Waals surface area contributed by atoms with Gasteiger partial charge in [-0.2, -0.15) is 0 Å². The summed E-state index contributed by atoms with van der Waals surface area (Å²) >= 11 is 9.85. The SMILES string of the molecule is Cc1ccc(Cl)cc1C(Br)c1ccc(F)c2ccccc12. The normalized spacial score (nSPS) is 12.6. The van der Waals surface area contributed by atoms with E-state index < -0.39 is 0 Å². The van der Waals surface area contributed by atoms with Crippen LogP contribution in [0.25, 0.3) is 10.8 Å². The number of fused-ring (bicyclic) bond motifs is 1. The molecule has 0 amide bonds. The van der Waals surface area contributed by atoms with Crippen LogP contribution in [-0.2, 0) is 0 Å². The number of aryl methyl sites for hydroxylation is 1. The van der Waals surface area contributed by atoms with E-state index in [-0.39, 0.29) is 10.6 Å². The maximum absolute atomic E-state index is 13.9. The predicted molar refractivity (Wildman–Crippen MR) is 90.9 cm³/mol. The average molecular weight is 364 g/mol. The van der Waals surface area contributed by atoms with Crippen molar-refractivity contribution in [1.82, 2.24) is 0 Å². The number of benzene rings is 3. The lowest BCUT2D eigenvalue weighted by Gasteiger charge is -2.16. The van der Waals surface area contributed by atoms with E-state index in [1.165, 1.54) is 6.07 Å². The van der Waals surface area contributed by atoms with E-state index in [0.717, 1.165) is 22.1 Å². The fraction of sp³-hybridized carbons (Fsp3) is 0.111. The van der Waals surface area contributed by atoms with Crippen LogP contribution in [0.2, 0.25) is 5.02 Å². The molecule has 3 aromatic rings. The van der Waals surface area contributed by atoms with Gasteiger partial charge >= 0.3 is 0 Å². The summed E-state index contributed by atoms with van der Waals surface area (Å²) in [6, 6.07) is 16.7. The number of rotatable bonds is 2. The molecule has 0 heterocycles. The molecule has 3 aromatic carbocycles. The molecule has 0 spiro atoms. The second kappa shape index (κ2) is 5.78. The van der Waals surface area contributed by atoms with Crippen LogP contribution < -0.4 is 0 Å². The van der Waals surface area contributed by atoms with Crippen LogP contribution in [-0.4, -0.2) is 0 Å². The van der Waals surface area contributed by atoms with Gasteiger partial charge in [0, 0.05) is 10.4 Å². The molecular weight excluding hydrogens is 351 g/mol. The molecule has 1 unspecified atom stereocenters. The van der Waals surface area contributed by atoms with Crippen LogP contribution in [0, 0.1) is 12.7 Å². The van der Waals surface area contributed by atoms with Crippen molar-refractivity contribution in [3.8, 4) is 0 Å². The van der Waals surface area contributed by atoms with E-state index in [1.54, 1.807) is 6.07 Å². The number of hydrogen-bond acceptors (Lipinski definition) is 0. The molecule has 21 heavy (non-hydrogen) atoms. The quantitative estimate of drug-likeness (QED) is 0.460. The van der Waals surface area contributed by atoms with Crippen LogP contribution >= 0.6 is 27.5 Å². The van der Waals surface area contributed by atoms with Gasteiger partial charge in [0.1, 0.15) is 5.82 Å². The molecule has 0 saturated heterocycles. The van der Waals surface area contributed by atoms with Gasteiger partial charge in [-0.1, -0.05) is 63.9 Å². The largest absolute Gasteiger partial charge is 0.206 e. The molecular formula is C18H13BrClF. The van der Waals surface area contributed by atoms with Gasteiger partial charge in [-0.05, 0) is 47.2 Å². The maximum Gasteiger partial charge on any atom is 0.131 e. The molecule has 0 aromatic heterocycles. The molecule has 106 valence electrons. The highest BCUT2D eigenvalue weighted by Gasteiger charge is 2.17. The summed E-state index contributed by atoms with van der Waals surface area (Å²) < 4.78 is 13.9. The lowest BCUT2D eigenvalue weighted by Crippen LogP contribution is -1.98. The van der Waals surface area contributed by atoms with Gasteiger partial charge in [-0.3, -0.25) is 0 Å². The van der Waals surface area contributed by atoms with Gasteiger partial charge in [0.2, 0.25) is 0 Å². The standard InChI is InChI=1S/C18H13BrClF/c1-11-6-7-12(20)10-16(11)18(19)15-8-9-17(21)14-5-3-2-4-13(14)15/h2-10,18H,1H3. The first-order valence-electron chi connectivity index (χ1n) is 6.65. The fourth-order valence-electron chi connectivity index (χ4n) is 2.56. The Labute approximate surface area is 136 Å². The Balaban J connectivity index is 2.20. The minimum Gasteiger partial charge on any atom is -0.206 e. The molecule has 3 heteroatoms. The van der Waals surface area contributed by atoms with Crippen molar-refractivity contribution in [1.29, 1.82) is 0 Å². The Morgan fingerprint density at radius 2 is 1.67 bits per heavy atom. The Bertz CT molecular complexity index is 813. The van der Waals surface area contributed by atoms with E-state index >= 15 is 0 Å². The smallest absolute Gasteiger partial charge is 0.131 e. The number of hydrogen-bond donors (Lipinski definition) is 0. The van der Waals surface area contributed by atoms with Gasteiger partial charge < -0.3 is 0 Å². The summed E-state index contributed by atoms with van der Waals surface area (Å²) in [5.41, 5.74) is 3.28. The molecule has 1 atom stereocenters. The first kappa shape index (κ1) is 14.6. The number of halogens is 3. The topological polar surface area (TPSA) is 0 Å². The van der Waals surface area contributed by atoms with Crippen molar-refractivity contribution < 1.29 is 4.39 Å². The fourth-order valence-corrected chi connectivity index (χ4v) is 3.63. The zero-order valence-corrected chi connectivity index (χ0v) is 13.7. The molecule has 0 N–H and O–H groups in total. The van der Waals surface area contributed by atoms with E-state index in [0.29, 0.717) is 10.4 Å². The molecule has 0 bridgehead atoms. The van der Waals surface area contributed by atoms with Crippen molar-refractivity contribution in [2.75, 3.05) is 0 Å². The van der Waals surface area contributed by atoms with Crippen LogP contribution in [0.15, 0.2) is 54.6 Å². The molecule has 0 nitrogen and oxygen atoms in total. The molecule has 3 rings (SSSR count). The zero-order chi connectivity index (χ0) is 15.0.